The van der Waals surface area contributed by atoms with Gasteiger partial charge >= 0.3 is 6.09 Å². The maximum absolute atomic E-state index is 14.0. The summed E-state index contributed by atoms with van der Waals surface area (Å²) >= 11 is 0. The van der Waals surface area contributed by atoms with E-state index in [1.807, 2.05) is 30.3 Å². The summed E-state index contributed by atoms with van der Waals surface area (Å²) in [6.45, 7) is 2.05. The Morgan fingerprint density at radius 1 is 1.20 bits per heavy atom. The topological polar surface area (TPSA) is 81.1 Å². The molecule has 2 aliphatic rings. The first-order valence-corrected chi connectivity index (χ1v) is 10.1. The molecule has 2 fully saturated rings. The summed E-state index contributed by atoms with van der Waals surface area (Å²) in [6, 6.07) is 14.8. The summed E-state index contributed by atoms with van der Waals surface area (Å²) in [5.41, 5.74) is -1.20. The first kappa shape index (κ1) is 20.3. The third kappa shape index (κ3) is 3.43. The van der Waals surface area contributed by atoms with Crippen LogP contribution in [0.5, 0.6) is 0 Å². The predicted molar refractivity (Wildman–Crippen MR) is 110 cm³/mol. The molecule has 0 bridgehead atoms. The highest BCUT2D eigenvalue weighted by Crippen LogP contribution is 2.48. The van der Waals surface area contributed by atoms with Crippen LogP contribution < -0.4 is 4.90 Å². The van der Waals surface area contributed by atoms with Crippen molar-refractivity contribution in [1.29, 1.82) is 0 Å². The molecule has 0 saturated carbocycles. The standard InChI is InChI=1S/C23H25FN2O4/c1-16-13-22(10-11-25(16)21(28)29)15-23(30,14-17-6-3-2-4-7-17)20(27)26(22)19-9-5-8-18(24)12-19/h2-9,12,16,30H,10-11,13-15H2,1H3,(H,28,29)/t16-,22+,23?/m0/s1. The average molecular weight is 412 g/mol. The van der Waals surface area contributed by atoms with Gasteiger partial charge in [0.2, 0.25) is 0 Å². The van der Waals surface area contributed by atoms with Crippen molar-refractivity contribution in [3.8, 4) is 0 Å². The summed E-state index contributed by atoms with van der Waals surface area (Å²) in [5, 5.41) is 20.9. The summed E-state index contributed by atoms with van der Waals surface area (Å²) in [4.78, 5) is 28.0. The SMILES string of the molecule is C[C@H]1C[C@]2(CCN1C(=O)O)CC(O)(Cc1ccccc1)C(=O)N2c1cccc(F)c1. The van der Waals surface area contributed by atoms with Crippen LogP contribution in [0.1, 0.15) is 31.7 Å². The lowest BCUT2D eigenvalue weighted by atomic mass is 9.77. The first-order valence-electron chi connectivity index (χ1n) is 10.1. The number of carboxylic acid groups (broad SMARTS) is 1. The second kappa shape index (κ2) is 7.40. The number of carbonyl (C=O) groups is 2. The molecule has 6 nitrogen and oxygen atoms in total. The van der Waals surface area contributed by atoms with Crippen LogP contribution >= 0.6 is 0 Å². The number of hydrogen-bond donors (Lipinski definition) is 2. The molecule has 0 aromatic heterocycles. The van der Waals surface area contributed by atoms with Crippen molar-refractivity contribution in [3.63, 3.8) is 0 Å². The highest BCUT2D eigenvalue weighted by molar-refractivity contribution is 6.03. The van der Waals surface area contributed by atoms with Crippen molar-refractivity contribution in [1.82, 2.24) is 4.90 Å². The Morgan fingerprint density at radius 2 is 1.93 bits per heavy atom. The zero-order chi connectivity index (χ0) is 21.5. The van der Waals surface area contributed by atoms with Crippen LogP contribution in [0.25, 0.3) is 0 Å². The molecule has 0 aliphatic carbocycles. The lowest BCUT2D eigenvalue weighted by Gasteiger charge is -2.47. The summed E-state index contributed by atoms with van der Waals surface area (Å²) in [6.07, 6.45) is 0.0690. The number of nitrogens with zero attached hydrogens (tertiary/aromatic N) is 2. The molecule has 2 amide bonds. The van der Waals surface area contributed by atoms with Crippen molar-refractivity contribution in [2.75, 3.05) is 11.4 Å². The molecule has 1 spiro atoms. The second-order valence-electron chi connectivity index (χ2n) is 8.49. The van der Waals surface area contributed by atoms with Gasteiger partial charge in [-0.25, -0.2) is 9.18 Å². The number of halogens is 1. The third-order valence-corrected chi connectivity index (χ3v) is 6.37. The molecule has 4 rings (SSSR count). The van der Waals surface area contributed by atoms with E-state index in [1.165, 1.54) is 28.0 Å². The Labute approximate surface area is 174 Å². The van der Waals surface area contributed by atoms with Gasteiger partial charge in [0.05, 0.1) is 5.54 Å². The van der Waals surface area contributed by atoms with Gasteiger partial charge in [-0.05, 0) is 43.5 Å². The number of anilines is 1. The van der Waals surface area contributed by atoms with Crippen LogP contribution in [-0.2, 0) is 11.2 Å². The van der Waals surface area contributed by atoms with Gasteiger partial charge in [-0.3, -0.25) is 4.79 Å². The molecule has 2 heterocycles. The van der Waals surface area contributed by atoms with Crippen LogP contribution in [0.15, 0.2) is 54.6 Å². The Hall–Kier alpha value is -2.93. The molecule has 0 radical (unpaired) electrons. The number of likely N-dealkylation sites (tertiary alicyclic amines) is 1. The van der Waals surface area contributed by atoms with Gasteiger partial charge in [0.25, 0.3) is 5.91 Å². The van der Waals surface area contributed by atoms with Gasteiger partial charge in [-0.15, -0.1) is 0 Å². The Balaban J connectivity index is 1.75. The predicted octanol–water partition coefficient (Wildman–Crippen LogP) is 3.44. The van der Waals surface area contributed by atoms with E-state index in [-0.39, 0.29) is 25.4 Å². The number of hydrogen-bond acceptors (Lipinski definition) is 3. The summed E-state index contributed by atoms with van der Waals surface area (Å²) < 4.78 is 14.0. The van der Waals surface area contributed by atoms with Gasteiger partial charge in [-0.1, -0.05) is 36.4 Å². The van der Waals surface area contributed by atoms with Gasteiger partial charge in [0, 0.05) is 31.1 Å². The highest BCUT2D eigenvalue weighted by Gasteiger charge is 2.60. The van der Waals surface area contributed by atoms with Crippen LogP contribution in [0, 0.1) is 5.82 Å². The number of aliphatic hydroxyl groups is 1. The molecular formula is C23H25FN2O4. The fourth-order valence-electron chi connectivity index (χ4n) is 5.16. The average Bonchev–Trinajstić information content (AvgIpc) is 2.88. The van der Waals surface area contributed by atoms with Gasteiger partial charge in [0.1, 0.15) is 11.4 Å². The second-order valence-corrected chi connectivity index (χ2v) is 8.49. The van der Waals surface area contributed by atoms with Crippen LogP contribution in [0.2, 0.25) is 0 Å². The minimum Gasteiger partial charge on any atom is -0.465 e. The van der Waals surface area contributed by atoms with Crippen LogP contribution in [0.3, 0.4) is 0 Å². The largest absolute Gasteiger partial charge is 0.465 e. The van der Waals surface area contributed by atoms with E-state index in [0.29, 0.717) is 18.5 Å². The number of piperidine rings is 1. The quantitative estimate of drug-likeness (QED) is 0.809. The fourth-order valence-corrected chi connectivity index (χ4v) is 5.16. The molecule has 1 unspecified atom stereocenters. The number of amides is 2. The summed E-state index contributed by atoms with van der Waals surface area (Å²) in [7, 11) is 0. The number of carbonyl (C=O) groups excluding carboxylic acids is 1. The van der Waals surface area contributed by atoms with E-state index >= 15 is 0 Å². The van der Waals surface area contributed by atoms with Gasteiger partial charge in [-0.2, -0.15) is 0 Å². The van der Waals surface area contributed by atoms with Gasteiger partial charge < -0.3 is 20.0 Å². The minimum absolute atomic E-state index is 0.150. The van der Waals surface area contributed by atoms with Gasteiger partial charge in [0.15, 0.2) is 0 Å². The first-order chi connectivity index (χ1) is 14.2. The normalized spacial score (nSPS) is 28.9. The van der Waals surface area contributed by atoms with E-state index in [1.54, 1.807) is 13.0 Å². The lowest BCUT2D eigenvalue weighted by Crippen LogP contribution is -2.57. The molecule has 3 atom stereocenters. The fraction of sp³-hybridized carbons (Fsp3) is 0.391. The zero-order valence-corrected chi connectivity index (χ0v) is 16.8. The Kier molecular flexibility index (Phi) is 5.02. The molecule has 158 valence electrons. The lowest BCUT2D eigenvalue weighted by molar-refractivity contribution is -0.133. The smallest absolute Gasteiger partial charge is 0.407 e. The van der Waals surface area contributed by atoms with E-state index in [0.717, 1.165) is 5.56 Å². The number of rotatable bonds is 3. The van der Waals surface area contributed by atoms with Crippen molar-refractivity contribution in [2.24, 2.45) is 0 Å². The maximum Gasteiger partial charge on any atom is 0.407 e. The zero-order valence-electron chi connectivity index (χ0n) is 16.8. The molecule has 2 saturated heterocycles. The molecule has 7 heteroatoms. The van der Waals surface area contributed by atoms with Crippen molar-refractivity contribution < 1.29 is 24.2 Å². The maximum atomic E-state index is 14.0. The third-order valence-electron chi connectivity index (χ3n) is 6.37. The van der Waals surface area contributed by atoms with Crippen LogP contribution in [0.4, 0.5) is 14.9 Å². The molecule has 2 aliphatic heterocycles. The Morgan fingerprint density at radius 3 is 2.57 bits per heavy atom. The number of benzene rings is 2. The molecule has 2 aromatic rings. The minimum atomic E-state index is -1.64. The van der Waals surface area contributed by atoms with Crippen LogP contribution in [-0.4, -0.2) is 50.8 Å². The Bertz CT molecular complexity index is 969. The van der Waals surface area contributed by atoms with E-state index in [2.05, 4.69) is 0 Å². The van der Waals surface area contributed by atoms with E-state index < -0.39 is 29.0 Å². The molecule has 2 aromatic carbocycles. The van der Waals surface area contributed by atoms with E-state index in [4.69, 9.17) is 0 Å². The highest BCUT2D eigenvalue weighted by atomic mass is 19.1. The van der Waals surface area contributed by atoms with Crippen molar-refractivity contribution in [3.05, 3.63) is 66.0 Å². The summed E-state index contributed by atoms with van der Waals surface area (Å²) in [5.74, 6) is -0.933. The van der Waals surface area contributed by atoms with E-state index in [9.17, 15) is 24.2 Å². The molecular weight excluding hydrogens is 387 g/mol. The molecule has 2 N–H and O–H groups in total. The molecule has 30 heavy (non-hydrogen) atoms. The van der Waals surface area contributed by atoms with Crippen molar-refractivity contribution in [2.45, 2.75) is 49.8 Å². The monoisotopic (exact) mass is 412 g/mol. The van der Waals surface area contributed by atoms with Crippen molar-refractivity contribution >= 4 is 17.7 Å².